The Morgan fingerprint density at radius 2 is 0.880 bits per heavy atom. The molecule has 26 heteroatoms. The first-order chi connectivity index (χ1) is 44.1. The van der Waals surface area contributed by atoms with Crippen LogP contribution in [0.1, 0.15) is 227 Å². The Bertz CT molecular complexity index is 1920. The maximum absolute atomic E-state index is 13.7. The summed E-state index contributed by atoms with van der Waals surface area (Å²) >= 11 is 0. The standard InChI is InChI=1S/C66H124N2O24/c1-6-7-8-9-10-11-12-13-14-15-16-17-18-19-22-26-29-32-35-45(73)62(84)68-43(51(75)44(72)34-31-28-25-23-20-21-24-27-30-33-40(2)3)38-85-66-61(57(81)52(76)46(36-69)89-66)92-65-59(83)56(80)53(77)48(90-65)39-86-63-49(67-42(5)71)60(54(78)47(37-70)88-63)91-64-58(82)55(79)50(74)41(4)87-64/h40-41,43-61,63-66,69-70,72-83H,6-39H2,1-5H3,(H,67,71)(H,68,84). The number of ether oxygens (including phenoxy) is 8. The van der Waals surface area contributed by atoms with Gasteiger partial charge in [-0.25, -0.2) is 0 Å². The third-order valence-electron chi connectivity index (χ3n) is 18.5. The van der Waals surface area contributed by atoms with Crippen LogP contribution in [0.25, 0.3) is 0 Å². The Kier molecular flexibility index (Phi) is 40.9. The molecule has 24 atom stereocenters. The van der Waals surface area contributed by atoms with E-state index in [1.165, 1.54) is 116 Å². The molecular weight excluding hydrogens is 1200 g/mol. The molecule has 4 fully saturated rings. The molecule has 4 saturated heterocycles. The highest BCUT2D eigenvalue weighted by atomic mass is 16.8. The van der Waals surface area contributed by atoms with Gasteiger partial charge in [0.05, 0.1) is 44.7 Å². The summed E-state index contributed by atoms with van der Waals surface area (Å²) in [5, 5.41) is 159. The Morgan fingerprint density at radius 3 is 1.38 bits per heavy atom. The smallest absolute Gasteiger partial charge is 0.249 e. The number of aliphatic hydroxyl groups excluding tert-OH is 14. The second-order valence-electron chi connectivity index (χ2n) is 26.9. The molecule has 0 bridgehead atoms. The molecule has 24 unspecified atom stereocenters. The van der Waals surface area contributed by atoms with Crippen molar-refractivity contribution in [2.75, 3.05) is 26.4 Å². The van der Waals surface area contributed by atoms with E-state index in [4.69, 9.17) is 37.9 Å². The third-order valence-corrected chi connectivity index (χ3v) is 18.5. The van der Waals surface area contributed by atoms with Crippen molar-refractivity contribution in [1.29, 1.82) is 0 Å². The number of amides is 2. The summed E-state index contributed by atoms with van der Waals surface area (Å²) in [5.74, 6) is -0.858. The molecule has 0 aliphatic carbocycles. The van der Waals surface area contributed by atoms with Crippen LogP contribution >= 0.6 is 0 Å². The second-order valence-corrected chi connectivity index (χ2v) is 26.9. The van der Waals surface area contributed by atoms with Gasteiger partial charge in [0.1, 0.15) is 104 Å². The van der Waals surface area contributed by atoms with Crippen molar-refractivity contribution < 1.29 is 119 Å². The lowest BCUT2D eigenvalue weighted by atomic mass is 9.95. The van der Waals surface area contributed by atoms with Gasteiger partial charge < -0.3 is 120 Å². The maximum atomic E-state index is 13.7. The van der Waals surface area contributed by atoms with Crippen molar-refractivity contribution in [3.05, 3.63) is 0 Å². The Morgan fingerprint density at radius 1 is 0.457 bits per heavy atom. The van der Waals surface area contributed by atoms with Crippen LogP contribution in [0.15, 0.2) is 0 Å². The quantitative estimate of drug-likeness (QED) is 0.0389. The third kappa shape index (κ3) is 28.1. The minimum Gasteiger partial charge on any atom is -0.394 e. The number of rotatable bonds is 48. The van der Waals surface area contributed by atoms with E-state index in [1.54, 1.807) is 0 Å². The SMILES string of the molecule is CCCCCCCCCCCCCCCCCCCCC(O)C(=O)NC(COC1OC(CO)C(O)C(O)C1OC1OC(COC2OC(CO)C(O)C(OC3OC(C)C(O)C(O)C3O)C2NC(C)=O)C(O)C(O)C1O)C(O)C(O)CCCCCCCCCCCC(C)C. The molecule has 92 heavy (non-hydrogen) atoms. The summed E-state index contributed by atoms with van der Waals surface area (Å²) in [4.78, 5) is 26.3. The zero-order valence-corrected chi connectivity index (χ0v) is 55.8. The van der Waals surface area contributed by atoms with Crippen molar-refractivity contribution in [1.82, 2.24) is 10.6 Å². The molecule has 542 valence electrons. The van der Waals surface area contributed by atoms with Crippen molar-refractivity contribution in [2.24, 2.45) is 5.92 Å². The van der Waals surface area contributed by atoms with Crippen LogP contribution in [0.5, 0.6) is 0 Å². The normalized spacial score (nSPS) is 33.3. The molecule has 26 nitrogen and oxygen atoms in total. The van der Waals surface area contributed by atoms with E-state index in [1.807, 2.05) is 0 Å². The fraction of sp³-hybridized carbons (Fsp3) is 0.970. The molecule has 4 rings (SSSR count). The van der Waals surface area contributed by atoms with E-state index in [0.717, 1.165) is 64.7 Å². The van der Waals surface area contributed by atoms with Crippen LogP contribution in [-0.4, -0.2) is 257 Å². The zero-order valence-electron chi connectivity index (χ0n) is 55.8. The number of carbonyl (C=O) groups excluding carboxylic acids is 2. The fourth-order valence-electron chi connectivity index (χ4n) is 12.5. The van der Waals surface area contributed by atoms with E-state index in [-0.39, 0.29) is 12.8 Å². The lowest BCUT2D eigenvalue weighted by Crippen LogP contribution is -2.68. The highest BCUT2D eigenvalue weighted by molar-refractivity contribution is 5.80. The van der Waals surface area contributed by atoms with Crippen LogP contribution in [0.4, 0.5) is 0 Å². The van der Waals surface area contributed by atoms with E-state index >= 15 is 0 Å². The lowest BCUT2D eigenvalue weighted by Gasteiger charge is -2.48. The number of carbonyl (C=O) groups is 2. The van der Waals surface area contributed by atoms with Crippen molar-refractivity contribution in [2.45, 2.75) is 374 Å². The van der Waals surface area contributed by atoms with Gasteiger partial charge >= 0.3 is 0 Å². The van der Waals surface area contributed by atoms with E-state index in [2.05, 4.69) is 31.4 Å². The van der Waals surface area contributed by atoms with Gasteiger partial charge in [-0.15, -0.1) is 0 Å². The van der Waals surface area contributed by atoms with Crippen molar-refractivity contribution >= 4 is 11.8 Å². The Labute approximate surface area is 546 Å². The van der Waals surface area contributed by atoms with Crippen LogP contribution in [-0.2, 0) is 47.5 Å². The van der Waals surface area contributed by atoms with Gasteiger partial charge in [0.2, 0.25) is 11.8 Å². The van der Waals surface area contributed by atoms with Crippen molar-refractivity contribution in [3.63, 3.8) is 0 Å². The number of hydrogen-bond donors (Lipinski definition) is 16. The van der Waals surface area contributed by atoms with Crippen LogP contribution in [0.2, 0.25) is 0 Å². The van der Waals surface area contributed by atoms with Crippen LogP contribution in [0.3, 0.4) is 0 Å². The fourth-order valence-corrected chi connectivity index (χ4v) is 12.5. The average Bonchev–Trinajstić information content (AvgIpc) is 0.811. The van der Waals surface area contributed by atoms with Gasteiger partial charge in [0.25, 0.3) is 0 Å². The van der Waals surface area contributed by atoms with Gasteiger partial charge in [-0.1, -0.05) is 201 Å². The topological polar surface area (TPSA) is 415 Å². The molecule has 4 heterocycles. The molecule has 0 saturated carbocycles. The second kappa shape index (κ2) is 45.6. The van der Waals surface area contributed by atoms with E-state index < -0.39 is 185 Å². The molecular formula is C66H124N2O24. The van der Waals surface area contributed by atoms with Crippen LogP contribution in [0, 0.1) is 5.92 Å². The summed E-state index contributed by atoms with van der Waals surface area (Å²) < 4.78 is 47.1. The van der Waals surface area contributed by atoms with Gasteiger partial charge in [0.15, 0.2) is 25.2 Å². The highest BCUT2D eigenvalue weighted by Gasteiger charge is 2.54. The number of aliphatic hydroxyl groups is 14. The maximum Gasteiger partial charge on any atom is 0.249 e. The number of hydrogen-bond acceptors (Lipinski definition) is 24. The molecule has 4 aliphatic rings. The molecule has 0 radical (unpaired) electrons. The van der Waals surface area contributed by atoms with Crippen LogP contribution < -0.4 is 10.6 Å². The van der Waals surface area contributed by atoms with E-state index in [9.17, 15) is 81.1 Å². The summed E-state index contributed by atoms with van der Waals surface area (Å²) in [6, 6.07) is -2.93. The van der Waals surface area contributed by atoms with Gasteiger partial charge in [-0.2, -0.15) is 0 Å². The van der Waals surface area contributed by atoms with Gasteiger partial charge in [-0.05, 0) is 25.7 Å². The number of unbranched alkanes of at least 4 members (excludes halogenated alkanes) is 25. The Balaban J connectivity index is 1.41. The summed E-state index contributed by atoms with van der Waals surface area (Å²) in [6.07, 6.45) is -5.91. The average molecular weight is 1330 g/mol. The molecule has 0 spiro atoms. The first-order valence-electron chi connectivity index (χ1n) is 35.2. The predicted molar refractivity (Wildman–Crippen MR) is 337 cm³/mol. The minimum absolute atomic E-state index is 0.123. The highest BCUT2D eigenvalue weighted by Crippen LogP contribution is 2.34. The summed E-state index contributed by atoms with van der Waals surface area (Å²) in [7, 11) is 0. The van der Waals surface area contributed by atoms with E-state index in [0.29, 0.717) is 18.8 Å². The predicted octanol–water partition coefficient (Wildman–Crippen LogP) is 2.39. The van der Waals surface area contributed by atoms with Gasteiger partial charge in [-0.3, -0.25) is 9.59 Å². The summed E-state index contributed by atoms with van der Waals surface area (Å²) in [5.41, 5.74) is 0. The van der Waals surface area contributed by atoms with Gasteiger partial charge in [0, 0.05) is 6.92 Å². The molecule has 16 N–H and O–H groups in total. The molecule has 0 aromatic carbocycles. The largest absolute Gasteiger partial charge is 0.394 e. The molecule has 4 aliphatic heterocycles. The Hall–Kier alpha value is -1.94. The monoisotopic (exact) mass is 1330 g/mol. The summed E-state index contributed by atoms with van der Waals surface area (Å²) in [6.45, 7) is 6.03. The molecule has 0 aromatic heterocycles. The molecule has 2 amide bonds. The zero-order chi connectivity index (χ0) is 67.7. The molecule has 0 aromatic rings. The minimum atomic E-state index is -2.10. The van der Waals surface area contributed by atoms with Crippen molar-refractivity contribution in [3.8, 4) is 0 Å². The number of nitrogens with one attached hydrogen (secondary N) is 2. The first kappa shape index (κ1) is 82.5. The lowest BCUT2D eigenvalue weighted by molar-refractivity contribution is -0.373. The first-order valence-corrected chi connectivity index (χ1v) is 35.2.